The molecule has 3 nitrogen and oxygen atoms in total. The van der Waals surface area contributed by atoms with Crippen molar-refractivity contribution in [3.63, 3.8) is 0 Å². The number of hydrogen-bond donors (Lipinski definition) is 1. The van der Waals surface area contributed by atoms with Crippen molar-refractivity contribution >= 4 is 0 Å². The number of hydrogen-bond acceptors (Lipinski definition) is 3. The van der Waals surface area contributed by atoms with Gasteiger partial charge in [-0.3, -0.25) is 0 Å². The van der Waals surface area contributed by atoms with Crippen molar-refractivity contribution in [3.8, 4) is 11.4 Å². The lowest BCUT2D eigenvalue weighted by atomic mass is 10.1. The van der Waals surface area contributed by atoms with Crippen LogP contribution in [0.2, 0.25) is 0 Å². The van der Waals surface area contributed by atoms with E-state index < -0.39 is 11.6 Å². The van der Waals surface area contributed by atoms with Crippen LogP contribution in [0.3, 0.4) is 0 Å². The third-order valence-electron chi connectivity index (χ3n) is 2.80. The van der Waals surface area contributed by atoms with Gasteiger partial charge in [-0.1, -0.05) is 0 Å². The van der Waals surface area contributed by atoms with Crippen molar-refractivity contribution in [2.24, 2.45) is 5.73 Å². The molecule has 0 aliphatic heterocycles. The predicted molar refractivity (Wildman–Crippen MR) is 64.7 cm³/mol. The van der Waals surface area contributed by atoms with Crippen molar-refractivity contribution < 1.29 is 8.78 Å². The third kappa shape index (κ3) is 2.36. The second kappa shape index (κ2) is 4.78. The summed E-state index contributed by atoms with van der Waals surface area (Å²) in [6, 6.07) is 3.22. The van der Waals surface area contributed by atoms with Gasteiger partial charge in [-0.15, -0.1) is 0 Å². The summed E-state index contributed by atoms with van der Waals surface area (Å²) in [4.78, 5) is 8.47. The van der Waals surface area contributed by atoms with Crippen molar-refractivity contribution in [3.05, 3.63) is 46.8 Å². The fourth-order valence-corrected chi connectivity index (χ4v) is 1.70. The van der Waals surface area contributed by atoms with Crippen LogP contribution in [0.4, 0.5) is 8.78 Å². The number of nitrogens with zero attached hydrogens (tertiary/aromatic N) is 2. The molecule has 0 amide bonds. The molecule has 0 bridgehead atoms. The second-order valence-corrected chi connectivity index (χ2v) is 4.07. The number of aromatic nitrogens is 2. The van der Waals surface area contributed by atoms with Crippen molar-refractivity contribution in [1.82, 2.24) is 9.97 Å². The molecule has 1 aromatic heterocycles. The van der Waals surface area contributed by atoms with Gasteiger partial charge in [0.15, 0.2) is 5.82 Å². The van der Waals surface area contributed by atoms with Crippen LogP contribution in [0.15, 0.2) is 18.2 Å². The van der Waals surface area contributed by atoms with E-state index in [2.05, 4.69) is 9.97 Å². The van der Waals surface area contributed by atoms with Crippen LogP contribution >= 0.6 is 0 Å². The smallest absolute Gasteiger partial charge is 0.159 e. The standard InChI is InChI=1S/C13H13F2N3/c1-7-8(2)17-13(18-12(7)6-16)9-3-10(14)5-11(15)4-9/h3-5H,6,16H2,1-2H3. The molecule has 2 aromatic rings. The van der Waals surface area contributed by atoms with Gasteiger partial charge in [-0.2, -0.15) is 0 Å². The summed E-state index contributed by atoms with van der Waals surface area (Å²) < 4.78 is 26.3. The van der Waals surface area contributed by atoms with Gasteiger partial charge >= 0.3 is 0 Å². The van der Waals surface area contributed by atoms with Gasteiger partial charge in [0, 0.05) is 23.9 Å². The maximum atomic E-state index is 13.2. The van der Waals surface area contributed by atoms with Crippen molar-refractivity contribution in [1.29, 1.82) is 0 Å². The molecule has 1 aromatic carbocycles. The van der Waals surface area contributed by atoms with E-state index in [1.165, 1.54) is 12.1 Å². The summed E-state index contributed by atoms with van der Waals surface area (Å²) in [5.74, 6) is -1.01. The fraction of sp³-hybridized carbons (Fsp3) is 0.231. The van der Waals surface area contributed by atoms with Crippen LogP contribution in [-0.4, -0.2) is 9.97 Å². The molecule has 2 N–H and O–H groups in total. The predicted octanol–water partition coefficient (Wildman–Crippen LogP) is 2.50. The average Bonchev–Trinajstić information content (AvgIpc) is 2.31. The first-order chi connectivity index (χ1) is 8.51. The normalized spacial score (nSPS) is 10.7. The fourth-order valence-electron chi connectivity index (χ4n) is 1.70. The molecular weight excluding hydrogens is 236 g/mol. The van der Waals surface area contributed by atoms with Crippen molar-refractivity contribution in [2.75, 3.05) is 0 Å². The Morgan fingerprint density at radius 1 is 1.06 bits per heavy atom. The van der Waals surface area contributed by atoms with E-state index in [0.717, 1.165) is 17.3 Å². The maximum Gasteiger partial charge on any atom is 0.159 e. The van der Waals surface area contributed by atoms with E-state index in [4.69, 9.17) is 5.73 Å². The number of nitrogens with two attached hydrogens (primary N) is 1. The van der Waals surface area contributed by atoms with E-state index in [9.17, 15) is 8.78 Å². The van der Waals surface area contributed by atoms with Crippen LogP contribution in [0.1, 0.15) is 17.0 Å². The second-order valence-electron chi connectivity index (χ2n) is 4.07. The Bertz CT molecular complexity index is 577. The molecule has 94 valence electrons. The number of benzene rings is 1. The first kappa shape index (κ1) is 12.6. The molecule has 0 aliphatic carbocycles. The molecular formula is C13H13F2N3. The zero-order valence-corrected chi connectivity index (χ0v) is 10.2. The Hall–Kier alpha value is -1.88. The number of rotatable bonds is 2. The molecule has 18 heavy (non-hydrogen) atoms. The summed E-state index contributed by atoms with van der Waals surface area (Å²) in [7, 11) is 0. The van der Waals surface area contributed by atoms with E-state index in [0.29, 0.717) is 11.3 Å². The Kier molecular flexibility index (Phi) is 3.34. The van der Waals surface area contributed by atoms with E-state index in [1.54, 1.807) is 0 Å². The van der Waals surface area contributed by atoms with E-state index in [1.807, 2.05) is 13.8 Å². The molecule has 0 saturated carbocycles. The molecule has 0 radical (unpaired) electrons. The minimum absolute atomic E-state index is 0.264. The van der Waals surface area contributed by atoms with Gasteiger partial charge in [0.25, 0.3) is 0 Å². The monoisotopic (exact) mass is 249 g/mol. The first-order valence-corrected chi connectivity index (χ1v) is 5.52. The lowest BCUT2D eigenvalue weighted by molar-refractivity contribution is 0.584. The van der Waals surface area contributed by atoms with E-state index >= 15 is 0 Å². The molecule has 0 aliphatic rings. The van der Waals surface area contributed by atoms with Crippen LogP contribution in [0.5, 0.6) is 0 Å². The SMILES string of the molecule is Cc1nc(-c2cc(F)cc(F)c2)nc(CN)c1C. The highest BCUT2D eigenvalue weighted by molar-refractivity contribution is 5.56. The lowest BCUT2D eigenvalue weighted by Gasteiger charge is -2.09. The summed E-state index contributed by atoms with van der Waals surface area (Å²) in [5.41, 5.74) is 8.24. The van der Waals surface area contributed by atoms with Crippen LogP contribution in [0.25, 0.3) is 11.4 Å². The Morgan fingerprint density at radius 2 is 1.67 bits per heavy atom. The molecule has 2 rings (SSSR count). The highest BCUT2D eigenvalue weighted by atomic mass is 19.1. The molecule has 0 spiro atoms. The van der Waals surface area contributed by atoms with Gasteiger partial charge in [-0.05, 0) is 31.5 Å². The topological polar surface area (TPSA) is 51.8 Å². The molecule has 0 unspecified atom stereocenters. The number of halogens is 2. The average molecular weight is 249 g/mol. The summed E-state index contributed by atoms with van der Waals surface area (Å²) in [6.07, 6.45) is 0. The Balaban J connectivity index is 2.60. The van der Waals surface area contributed by atoms with Crippen molar-refractivity contribution in [2.45, 2.75) is 20.4 Å². The molecule has 1 heterocycles. The highest BCUT2D eigenvalue weighted by Gasteiger charge is 2.10. The van der Waals surface area contributed by atoms with Crippen LogP contribution in [0, 0.1) is 25.5 Å². The van der Waals surface area contributed by atoms with Gasteiger partial charge in [-0.25, -0.2) is 18.7 Å². The van der Waals surface area contributed by atoms with E-state index in [-0.39, 0.29) is 12.4 Å². The lowest BCUT2D eigenvalue weighted by Crippen LogP contribution is -2.07. The molecule has 0 atom stereocenters. The van der Waals surface area contributed by atoms with Gasteiger partial charge in [0.05, 0.1) is 5.69 Å². The highest BCUT2D eigenvalue weighted by Crippen LogP contribution is 2.20. The summed E-state index contributed by atoms with van der Waals surface area (Å²) >= 11 is 0. The zero-order valence-electron chi connectivity index (χ0n) is 10.2. The minimum atomic E-state index is -0.652. The quantitative estimate of drug-likeness (QED) is 0.889. The Morgan fingerprint density at radius 3 is 2.22 bits per heavy atom. The number of aryl methyl sites for hydroxylation is 1. The van der Waals surface area contributed by atoms with Gasteiger partial charge < -0.3 is 5.73 Å². The van der Waals surface area contributed by atoms with Crippen LogP contribution < -0.4 is 5.73 Å². The largest absolute Gasteiger partial charge is 0.325 e. The molecule has 0 fully saturated rings. The zero-order chi connectivity index (χ0) is 13.3. The Labute approximate surface area is 104 Å². The first-order valence-electron chi connectivity index (χ1n) is 5.52. The summed E-state index contributed by atoms with van der Waals surface area (Å²) in [5, 5.41) is 0. The molecule has 5 heteroatoms. The van der Waals surface area contributed by atoms with Gasteiger partial charge in [0.1, 0.15) is 11.6 Å². The third-order valence-corrected chi connectivity index (χ3v) is 2.80. The van der Waals surface area contributed by atoms with Crippen LogP contribution in [-0.2, 0) is 6.54 Å². The minimum Gasteiger partial charge on any atom is -0.325 e. The van der Waals surface area contributed by atoms with Gasteiger partial charge in [0.2, 0.25) is 0 Å². The molecule has 0 saturated heterocycles. The maximum absolute atomic E-state index is 13.2. The summed E-state index contributed by atoms with van der Waals surface area (Å²) in [6.45, 7) is 3.95.